The second-order valence-corrected chi connectivity index (χ2v) is 10.3. The topological polar surface area (TPSA) is 79.4 Å². The first kappa shape index (κ1) is 22.0. The van der Waals surface area contributed by atoms with Crippen LogP contribution in [0.15, 0.2) is 77.8 Å². The Bertz CT molecular complexity index is 1350. The Morgan fingerprint density at radius 3 is 2.53 bits per heavy atom. The fourth-order valence-electron chi connectivity index (χ4n) is 3.39. The standard InChI is InChI=1S/C24H23N3O3S2/c1-3-27(32(29,30)21-10-7-17(2)8-11-21)20-9-12-22-18(14-20)15-23(31-22)24(28)26-16-19-6-4-5-13-25-19/h4-15H,3,16H2,1-2H3,(H,26,28). The number of carbonyl (C=O) groups excluding carboxylic acids is 1. The van der Waals surface area contributed by atoms with Crippen molar-refractivity contribution in [1.82, 2.24) is 10.3 Å². The largest absolute Gasteiger partial charge is 0.346 e. The Kier molecular flexibility index (Phi) is 6.25. The molecule has 2 heterocycles. The molecule has 8 heteroatoms. The van der Waals surface area contributed by atoms with Crippen LogP contribution in [0, 0.1) is 6.92 Å². The highest BCUT2D eigenvalue weighted by atomic mass is 32.2. The zero-order valence-corrected chi connectivity index (χ0v) is 19.4. The molecule has 2 aromatic heterocycles. The number of fused-ring (bicyclic) bond motifs is 1. The van der Waals surface area contributed by atoms with Crippen LogP contribution in [0.3, 0.4) is 0 Å². The number of amides is 1. The van der Waals surface area contributed by atoms with Crippen LogP contribution in [-0.2, 0) is 16.6 Å². The van der Waals surface area contributed by atoms with Crippen molar-refractivity contribution in [2.45, 2.75) is 25.3 Å². The summed E-state index contributed by atoms with van der Waals surface area (Å²) in [6.07, 6.45) is 1.69. The van der Waals surface area contributed by atoms with E-state index in [9.17, 15) is 13.2 Å². The maximum atomic E-state index is 13.2. The van der Waals surface area contributed by atoms with Crippen LogP contribution in [0.25, 0.3) is 10.1 Å². The molecule has 0 bridgehead atoms. The Labute approximate surface area is 191 Å². The van der Waals surface area contributed by atoms with Gasteiger partial charge in [0.1, 0.15) is 0 Å². The summed E-state index contributed by atoms with van der Waals surface area (Å²) < 4.78 is 28.7. The predicted molar refractivity (Wildman–Crippen MR) is 129 cm³/mol. The zero-order valence-electron chi connectivity index (χ0n) is 17.8. The molecule has 1 amide bonds. The lowest BCUT2D eigenvalue weighted by Crippen LogP contribution is -2.30. The third-order valence-electron chi connectivity index (χ3n) is 5.06. The number of thiophene rings is 1. The first-order valence-corrected chi connectivity index (χ1v) is 12.5. The average molecular weight is 466 g/mol. The van der Waals surface area contributed by atoms with Gasteiger partial charge < -0.3 is 5.32 Å². The highest BCUT2D eigenvalue weighted by Gasteiger charge is 2.24. The molecule has 6 nitrogen and oxygen atoms in total. The van der Waals surface area contributed by atoms with Gasteiger partial charge in [-0.1, -0.05) is 23.8 Å². The number of hydrogen-bond acceptors (Lipinski definition) is 5. The molecule has 0 spiro atoms. The molecule has 0 atom stereocenters. The molecule has 0 aliphatic heterocycles. The normalized spacial score (nSPS) is 11.4. The second kappa shape index (κ2) is 9.10. The summed E-state index contributed by atoms with van der Waals surface area (Å²) >= 11 is 1.37. The maximum absolute atomic E-state index is 13.2. The number of pyridine rings is 1. The van der Waals surface area contributed by atoms with E-state index in [2.05, 4.69) is 10.3 Å². The van der Waals surface area contributed by atoms with Crippen molar-refractivity contribution in [3.63, 3.8) is 0 Å². The van der Waals surface area contributed by atoms with E-state index in [0.29, 0.717) is 23.7 Å². The Morgan fingerprint density at radius 1 is 1.06 bits per heavy atom. The van der Waals surface area contributed by atoms with Crippen molar-refractivity contribution in [2.75, 3.05) is 10.8 Å². The van der Waals surface area contributed by atoms with E-state index in [1.807, 2.05) is 37.3 Å². The first-order chi connectivity index (χ1) is 15.4. The highest BCUT2D eigenvalue weighted by Crippen LogP contribution is 2.32. The van der Waals surface area contributed by atoms with Gasteiger partial charge in [0.2, 0.25) is 0 Å². The van der Waals surface area contributed by atoms with Gasteiger partial charge >= 0.3 is 0 Å². The number of aromatic nitrogens is 1. The van der Waals surface area contributed by atoms with Crippen LogP contribution in [0.5, 0.6) is 0 Å². The fourth-order valence-corrected chi connectivity index (χ4v) is 5.81. The van der Waals surface area contributed by atoms with E-state index in [1.165, 1.54) is 15.6 Å². The lowest BCUT2D eigenvalue weighted by Gasteiger charge is -2.23. The molecule has 0 unspecified atom stereocenters. The molecule has 0 aliphatic carbocycles. The second-order valence-electron chi connectivity index (χ2n) is 7.32. The number of rotatable bonds is 7. The van der Waals surface area contributed by atoms with Gasteiger partial charge in [0.05, 0.1) is 27.7 Å². The van der Waals surface area contributed by atoms with Gasteiger partial charge in [-0.05, 0) is 67.8 Å². The third-order valence-corrected chi connectivity index (χ3v) is 8.10. The lowest BCUT2D eigenvalue weighted by molar-refractivity contribution is 0.0954. The molecule has 2 aromatic carbocycles. The molecule has 0 saturated heterocycles. The highest BCUT2D eigenvalue weighted by molar-refractivity contribution is 7.92. The van der Waals surface area contributed by atoms with Crippen molar-refractivity contribution >= 4 is 43.0 Å². The summed E-state index contributed by atoms with van der Waals surface area (Å²) in [6, 6.07) is 19.6. The van der Waals surface area contributed by atoms with E-state index in [1.54, 1.807) is 49.5 Å². The summed E-state index contributed by atoms with van der Waals surface area (Å²) in [5, 5.41) is 3.70. The van der Waals surface area contributed by atoms with Gasteiger partial charge in [-0.15, -0.1) is 11.3 Å². The summed E-state index contributed by atoms with van der Waals surface area (Å²) in [6.45, 7) is 4.36. The first-order valence-electron chi connectivity index (χ1n) is 10.2. The predicted octanol–water partition coefficient (Wildman–Crippen LogP) is 4.75. The molecule has 4 rings (SSSR count). The molecule has 32 heavy (non-hydrogen) atoms. The molecular weight excluding hydrogens is 442 g/mol. The van der Waals surface area contributed by atoms with Gasteiger partial charge in [-0.2, -0.15) is 0 Å². The number of sulfonamides is 1. The number of nitrogens with one attached hydrogen (secondary N) is 1. The SMILES string of the molecule is CCN(c1ccc2sc(C(=O)NCc3ccccn3)cc2c1)S(=O)(=O)c1ccc(C)cc1. The monoisotopic (exact) mass is 465 g/mol. The van der Waals surface area contributed by atoms with E-state index in [-0.39, 0.29) is 10.8 Å². The van der Waals surface area contributed by atoms with Crippen LogP contribution in [0.2, 0.25) is 0 Å². The summed E-state index contributed by atoms with van der Waals surface area (Å²) in [7, 11) is -3.69. The number of anilines is 1. The maximum Gasteiger partial charge on any atom is 0.264 e. The lowest BCUT2D eigenvalue weighted by atomic mass is 10.2. The molecular formula is C24H23N3O3S2. The third kappa shape index (κ3) is 4.51. The molecule has 164 valence electrons. The van der Waals surface area contributed by atoms with Gasteiger partial charge in [-0.25, -0.2) is 8.42 Å². The fraction of sp³-hybridized carbons (Fsp3) is 0.167. The quantitative estimate of drug-likeness (QED) is 0.427. The zero-order chi connectivity index (χ0) is 22.7. The number of nitrogens with zero attached hydrogens (tertiary/aromatic N) is 2. The molecule has 0 fully saturated rings. The van der Waals surface area contributed by atoms with E-state index in [0.717, 1.165) is 21.3 Å². The minimum Gasteiger partial charge on any atom is -0.346 e. The molecule has 4 aromatic rings. The minimum atomic E-state index is -3.69. The van der Waals surface area contributed by atoms with E-state index in [4.69, 9.17) is 0 Å². The Hall–Kier alpha value is -3.23. The number of hydrogen-bond donors (Lipinski definition) is 1. The van der Waals surface area contributed by atoms with Crippen molar-refractivity contribution < 1.29 is 13.2 Å². The van der Waals surface area contributed by atoms with Crippen LogP contribution < -0.4 is 9.62 Å². The number of carbonyl (C=O) groups is 1. The van der Waals surface area contributed by atoms with Crippen LogP contribution in [0.1, 0.15) is 27.9 Å². The molecule has 0 saturated carbocycles. The summed E-state index contributed by atoms with van der Waals surface area (Å²) in [5.41, 5.74) is 2.35. The van der Waals surface area contributed by atoms with Gasteiger partial charge in [0.25, 0.3) is 15.9 Å². The van der Waals surface area contributed by atoms with E-state index < -0.39 is 10.0 Å². The molecule has 0 radical (unpaired) electrons. The van der Waals surface area contributed by atoms with Crippen molar-refractivity contribution in [1.29, 1.82) is 0 Å². The number of benzene rings is 2. The minimum absolute atomic E-state index is 0.182. The Balaban J connectivity index is 1.58. The molecule has 0 aliphatic rings. The van der Waals surface area contributed by atoms with Crippen LogP contribution in [0.4, 0.5) is 5.69 Å². The van der Waals surface area contributed by atoms with Crippen LogP contribution >= 0.6 is 11.3 Å². The summed E-state index contributed by atoms with van der Waals surface area (Å²) in [4.78, 5) is 17.6. The van der Waals surface area contributed by atoms with Gasteiger partial charge in [0.15, 0.2) is 0 Å². The van der Waals surface area contributed by atoms with Crippen LogP contribution in [-0.4, -0.2) is 25.9 Å². The van der Waals surface area contributed by atoms with Gasteiger partial charge in [0, 0.05) is 17.4 Å². The van der Waals surface area contributed by atoms with Gasteiger partial charge in [-0.3, -0.25) is 14.1 Å². The Morgan fingerprint density at radius 2 is 1.84 bits per heavy atom. The van der Waals surface area contributed by atoms with Crippen molar-refractivity contribution in [3.8, 4) is 0 Å². The van der Waals surface area contributed by atoms with E-state index >= 15 is 0 Å². The van der Waals surface area contributed by atoms with Crippen molar-refractivity contribution in [2.24, 2.45) is 0 Å². The smallest absolute Gasteiger partial charge is 0.264 e. The summed E-state index contributed by atoms with van der Waals surface area (Å²) in [5.74, 6) is -0.182. The number of aryl methyl sites for hydroxylation is 1. The molecule has 1 N–H and O–H groups in total. The average Bonchev–Trinajstić information content (AvgIpc) is 3.22. The van der Waals surface area contributed by atoms with Crippen molar-refractivity contribution in [3.05, 3.63) is 89.1 Å².